The highest BCUT2D eigenvalue weighted by atomic mass is 35.5. The summed E-state index contributed by atoms with van der Waals surface area (Å²) in [6, 6.07) is 22.2. The van der Waals surface area contributed by atoms with Gasteiger partial charge in [-0.1, -0.05) is 54.1 Å². The van der Waals surface area contributed by atoms with Gasteiger partial charge in [0.2, 0.25) is 11.8 Å². The van der Waals surface area contributed by atoms with E-state index in [0.717, 1.165) is 5.56 Å². The van der Waals surface area contributed by atoms with Crippen LogP contribution in [0, 0.1) is 0 Å². The first-order chi connectivity index (χ1) is 16.4. The smallest absolute Gasteiger partial charge is 0.253 e. The van der Waals surface area contributed by atoms with Gasteiger partial charge in [-0.2, -0.15) is 0 Å². The van der Waals surface area contributed by atoms with Crippen molar-refractivity contribution >= 4 is 35.0 Å². The normalized spacial score (nSPS) is 11.3. The topological polar surface area (TPSA) is 87.7 Å². The molecule has 34 heavy (non-hydrogen) atoms. The Kier molecular flexibility index (Phi) is 8.65. The van der Waals surface area contributed by atoms with E-state index in [1.165, 1.54) is 4.90 Å². The maximum absolute atomic E-state index is 12.9. The van der Waals surface area contributed by atoms with Crippen LogP contribution >= 0.6 is 11.6 Å². The predicted molar refractivity (Wildman–Crippen MR) is 132 cm³/mol. The molecule has 0 radical (unpaired) electrons. The number of hydrogen-bond donors (Lipinski definition) is 2. The first-order valence-corrected chi connectivity index (χ1v) is 11.0. The number of halogens is 1. The predicted octanol–water partition coefficient (Wildman–Crippen LogP) is 4.31. The third-order valence-electron chi connectivity index (χ3n) is 5.18. The van der Waals surface area contributed by atoms with Gasteiger partial charge in [0.25, 0.3) is 5.91 Å². The second-order valence-corrected chi connectivity index (χ2v) is 8.05. The molecule has 176 valence electrons. The van der Waals surface area contributed by atoms with Crippen LogP contribution < -0.4 is 15.4 Å². The Balaban J connectivity index is 1.65. The van der Waals surface area contributed by atoms with Crippen molar-refractivity contribution in [1.29, 1.82) is 0 Å². The van der Waals surface area contributed by atoms with E-state index < -0.39 is 6.04 Å². The number of nitrogens with one attached hydrogen (secondary N) is 2. The van der Waals surface area contributed by atoms with Crippen LogP contribution in [-0.2, 0) is 9.59 Å². The van der Waals surface area contributed by atoms with Crippen LogP contribution in [0.5, 0.6) is 5.75 Å². The summed E-state index contributed by atoms with van der Waals surface area (Å²) in [6.45, 7) is -0.134. The molecule has 0 bridgehead atoms. The second-order valence-electron chi connectivity index (χ2n) is 7.65. The van der Waals surface area contributed by atoms with E-state index in [4.69, 9.17) is 16.3 Å². The standard InChI is InChI=1S/C26H26ClN3O4/c1-30(17-24(31)28-19-12-14-20(34-2)15-13-19)25(32)16-23(18-8-4-3-5-9-18)29-26(33)21-10-6-7-11-22(21)27/h3-15,23H,16-17H2,1-2H3,(H,28,31)(H,29,33)/t23-/m0/s1. The van der Waals surface area contributed by atoms with E-state index in [1.54, 1.807) is 62.7 Å². The maximum atomic E-state index is 12.9. The van der Waals surface area contributed by atoms with E-state index in [-0.39, 0.29) is 30.7 Å². The molecule has 0 aromatic heterocycles. The molecule has 0 aliphatic heterocycles. The Morgan fingerprint density at radius 2 is 1.59 bits per heavy atom. The van der Waals surface area contributed by atoms with Crippen molar-refractivity contribution in [3.63, 3.8) is 0 Å². The lowest BCUT2D eigenvalue weighted by molar-refractivity contribution is -0.133. The molecule has 0 aliphatic rings. The van der Waals surface area contributed by atoms with Gasteiger partial charge in [-0.05, 0) is 42.0 Å². The molecule has 0 aliphatic carbocycles. The van der Waals surface area contributed by atoms with E-state index >= 15 is 0 Å². The summed E-state index contributed by atoms with van der Waals surface area (Å²) >= 11 is 6.16. The number of hydrogen-bond acceptors (Lipinski definition) is 4. The maximum Gasteiger partial charge on any atom is 0.253 e. The summed E-state index contributed by atoms with van der Waals surface area (Å²) in [4.78, 5) is 39.5. The summed E-state index contributed by atoms with van der Waals surface area (Å²) in [5, 5.41) is 5.97. The number of benzene rings is 3. The molecular weight excluding hydrogens is 454 g/mol. The Labute approximate surface area is 203 Å². The van der Waals surface area contributed by atoms with Gasteiger partial charge in [0.05, 0.1) is 36.7 Å². The van der Waals surface area contributed by atoms with Crippen molar-refractivity contribution in [2.75, 3.05) is 26.0 Å². The fraction of sp³-hybridized carbons (Fsp3) is 0.192. The number of carbonyl (C=O) groups excluding carboxylic acids is 3. The third-order valence-corrected chi connectivity index (χ3v) is 5.51. The molecule has 0 spiro atoms. The summed E-state index contributed by atoms with van der Waals surface area (Å²) < 4.78 is 5.10. The zero-order chi connectivity index (χ0) is 24.5. The van der Waals surface area contributed by atoms with Crippen molar-refractivity contribution in [2.24, 2.45) is 0 Å². The number of nitrogens with zero attached hydrogens (tertiary/aromatic N) is 1. The number of anilines is 1. The van der Waals surface area contributed by atoms with Gasteiger partial charge in [-0.25, -0.2) is 0 Å². The molecular formula is C26H26ClN3O4. The van der Waals surface area contributed by atoms with Crippen molar-refractivity contribution in [2.45, 2.75) is 12.5 Å². The lowest BCUT2D eigenvalue weighted by atomic mass is 10.0. The van der Waals surface area contributed by atoms with E-state index in [9.17, 15) is 14.4 Å². The van der Waals surface area contributed by atoms with Crippen molar-refractivity contribution < 1.29 is 19.1 Å². The van der Waals surface area contributed by atoms with Crippen LogP contribution in [0.1, 0.15) is 28.4 Å². The van der Waals surface area contributed by atoms with E-state index in [1.807, 2.05) is 30.3 Å². The molecule has 0 heterocycles. The average molecular weight is 480 g/mol. The van der Waals surface area contributed by atoms with Crippen LogP contribution in [0.4, 0.5) is 5.69 Å². The molecule has 0 unspecified atom stereocenters. The highest BCUT2D eigenvalue weighted by molar-refractivity contribution is 6.33. The van der Waals surface area contributed by atoms with Gasteiger partial charge in [-0.3, -0.25) is 14.4 Å². The highest BCUT2D eigenvalue weighted by Gasteiger charge is 2.23. The van der Waals surface area contributed by atoms with Gasteiger partial charge in [0.15, 0.2) is 0 Å². The molecule has 3 amide bonds. The summed E-state index contributed by atoms with van der Waals surface area (Å²) in [6.07, 6.45) is -0.0213. The lowest BCUT2D eigenvalue weighted by Crippen LogP contribution is -2.38. The Hall–Kier alpha value is -3.84. The second kappa shape index (κ2) is 11.9. The van der Waals surface area contributed by atoms with Gasteiger partial charge in [-0.15, -0.1) is 0 Å². The van der Waals surface area contributed by atoms with Crippen LogP contribution in [0.3, 0.4) is 0 Å². The van der Waals surface area contributed by atoms with E-state index in [0.29, 0.717) is 22.0 Å². The van der Waals surface area contributed by atoms with Crippen LogP contribution in [0.25, 0.3) is 0 Å². The minimum absolute atomic E-state index is 0.0213. The Morgan fingerprint density at radius 1 is 0.941 bits per heavy atom. The molecule has 2 N–H and O–H groups in total. The van der Waals surface area contributed by atoms with Crippen molar-refractivity contribution in [3.05, 3.63) is 95.0 Å². The zero-order valence-corrected chi connectivity index (χ0v) is 19.7. The average Bonchev–Trinajstić information content (AvgIpc) is 2.84. The Bertz CT molecular complexity index is 1140. The quantitative estimate of drug-likeness (QED) is 0.479. The van der Waals surface area contributed by atoms with Gasteiger partial charge < -0.3 is 20.3 Å². The molecule has 0 fully saturated rings. The van der Waals surface area contributed by atoms with Crippen LogP contribution in [-0.4, -0.2) is 43.3 Å². The number of amides is 3. The van der Waals surface area contributed by atoms with Crippen molar-refractivity contribution in [1.82, 2.24) is 10.2 Å². The molecule has 3 aromatic rings. The SMILES string of the molecule is COc1ccc(NC(=O)CN(C)C(=O)C[C@H](NC(=O)c2ccccc2Cl)c2ccccc2)cc1. The number of rotatable bonds is 9. The van der Waals surface area contributed by atoms with Gasteiger partial charge in [0.1, 0.15) is 5.75 Å². The van der Waals surface area contributed by atoms with Gasteiger partial charge in [0, 0.05) is 12.7 Å². The molecule has 3 rings (SSSR count). The summed E-state index contributed by atoms with van der Waals surface area (Å²) in [7, 11) is 3.11. The minimum atomic E-state index is -0.593. The van der Waals surface area contributed by atoms with Crippen LogP contribution in [0.15, 0.2) is 78.9 Å². The molecule has 0 saturated carbocycles. The zero-order valence-electron chi connectivity index (χ0n) is 19.0. The third kappa shape index (κ3) is 6.83. The summed E-state index contributed by atoms with van der Waals surface area (Å²) in [5.41, 5.74) is 1.69. The Morgan fingerprint density at radius 3 is 2.24 bits per heavy atom. The molecule has 7 nitrogen and oxygen atoms in total. The summed E-state index contributed by atoms with van der Waals surface area (Å²) in [5.74, 6) is -0.334. The highest BCUT2D eigenvalue weighted by Crippen LogP contribution is 2.21. The number of methoxy groups -OCH3 is 1. The molecule has 8 heteroatoms. The van der Waals surface area contributed by atoms with Gasteiger partial charge >= 0.3 is 0 Å². The number of ether oxygens (including phenoxy) is 1. The minimum Gasteiger partial charge on any atom is -0.497 e. The fourth-order valence-electron chi connectivity index (χ4n) is 3.33. The fourth-order valence-corrected chi connectivity index (χ4v) is 3.55. The number of likely N-dealkylation sites (N-methyl/N-ethyl adjacent to an activating group) is 1. The molecule has 0 saturated heterocycles. The lowest BCUT2D eigenvalue weighted by Gasteiger charge is -2.23. The first-order valence-electron chi connectivity index (χ1n) is 10.7. The monoisotopic (exact) mass is 479 g/mol. The van der Waals surface area contributed by atoms with Crippen molar-refractivity contribution in [3.8, 4) is 5.75 Å². The first kappa shape index (κ1) is 24.8. The van der Waals surface area contributed by atoms with E-state index in [2.05, 4.69) is 10.6 Å². The molecule has 3 aromatic carbocycles. The van der Waals surface area contributed by atoms with Crippen LogP contribution in [0.2, 0.25) is 5.02 Å². The largest absolute Gasteiger partial charge is 0.497 e. The number of carbonyl (C=O) groups is 3. The molecule has 1 atom stereocenters.